The van der Waals surface area contributed by atoms with Crippen molar-refractivity contribution < 1.29 is 36.2 Å². The van der Waals surface area contributed by atoms with Gasteiger partial charge in [0.2, 0.25) is 0 Å². The molecule has 1 aliphatic rings. The number of pyridine rings is 1. The van der Waals surface area contributed by atoms with Crippen molar-refractivity contribution in [2.24, 2.45) is 5.41 Å². The summed E-state index contributed by atoms with van der Waals surface area (Å²) in [6.45, 7) is 10.1. The summed E-state index contributed by atoms with van der Waals surface area (Å²) in [6.07, 6.45) is -5.50. The number of aromatic nitrogens is 1. The number of carbonyl (C=O) groups is 1. The molecule has 0 saturated carbocycles. The van der Waals surface area contributed by atoms with Crippen molar-refractivity contribution in [2.75, 3.05) is 18.0 Å². The highest BCUT2D eigenvalue weighted by Crippen LogP contribution is 2.40. The second-order valence-electron chi connectivity index (χ2n) is 9.27. The summed E-state index contributed by atoms with van der Waals surface area (Å²) < 4.78 is 72.6. The molecule has 1 saturated heterocycles. The van der Waals surface area contributed by atoms with Crippen LogP contribution in [0, 0.1) is 5.41 Å². The van der Waals surface area contributed by atoms with Gasteiger partial charge in [0.1, 0.15) is 5.82 Å². The number of benzene rings is 1. The molecule has 0 radical (unpaired) electrons. The number of hydrogen-bond donors (Lipinski definition) is 1. The maximum absolute atomic E-state index is 13.6. The van der Waals surface area contributed by atoms with Gasteiger partial charge in [-0.05, 0) is 53.6 Å². The molecule has 2 aromatic rings. The number of piperidine rings is 1. The fourth-order valence-corrected chi connectivity index (χ4v) is 4.63. The van der Waals surface area contributed by atoms with Gasteiger partial charge < -0.3 is 10.0 Å². The molecule has 2 heterocycles. The van der Waals surface area contributed by atoms with Gasteiger partial charge in [-0.1, -0.05) is 33.8 Å². The van der Waals surface area contributed by atoms with Gasteiger partial charge in [-0.2, -0.15) is 26.3 Å². The van der Waals surface area contributed by atoms with Gasteiger partial charge >= 0.3 is 18.3 Å². The third-order valence-corrected chi connectivity index (χ3v) is 6.27. The first-order chi connectivity index (χ1) is 16.0. The molecule has 0 atom stereocenters. The molecule has 1 fully saturated rings. The van der Waals surface area contributed by atoms with Crippen LogP contribution in [0.15, 0.2) is 41.4 Å². The van der Waals surface area contributed by atoms with Gasteiger partial charge in [-0.3, -0.25) is 0 Å². The number of carboxylic acids is 1. The Bertz CT molecular complexity index is 1020. The van der Waals surface area contributed by atoms with E-state index >= 15 is 0 Å². The zero-order valence-electron chi connectivity index (χ0n) is 19.8. The third kappa shape index (κ3) is 8.63. The minimum Gasteiger partial charge on any atom is -0.475 e. The average Bonchev–Trinajstić information content (AvgIpc) is 2.72. The van der Waals surface area contributed by atoms with Crippen molar-refractivity contribution in [3.05, 3.63) is 42.1 Å². The van der Waals surface area contributed by atoms with Gasteiger partial charge in [-0.25, -0.2) is 9.78 Å². The highest BCUT2D eigenvalue weighted by molar-refractivity contribution is 8.00. The minimum absolute atomic E-state index is 0.0851. The van der Waals surface area contributed by atoms with Crippen LogP contribution in [0.2, 0.25) is 0 Å². The van der Waals surface area contributed by atoms with Crippen molar-refractivity contribution in [1.29, 1.82) is 0 Å². The van der Waals surface area contributed by atoms with E-state index in [0.29, 0.717) is 5.56 Å². The molecule has 0 amide bonds. The van der Waals surface area contributed by atoms with Crippen LogP contribution in [0.25, 0.3) is 11.1 Å². The highest BCUT2D eigenvalue weighted by atomic mass is 32.2. The molecule has 0 bridgehead atoms. The Morgan fingerprint density at radius 1 is 1.09 bits per heavy atom. The normalized spacial score (nSPS) is 16.0. The predicted octanol–water partition coefficient (Wildman–Crippen LogP) is 7.53. The second kappa shape index (κ2) is 11.1. The van der Waals surface area contributed by atoms with E-state index in [-0.39, 0.29) is 15.6 Å². The lowest BCUT2D eigenvalue weighted by Crippen LogP contribution is -2.40. The Morgan fingerprint density at radius 3 is 2.20 bits per heavy atom. The monoisotopic (exact) mass is 522 g/mol. The molecular formula is C24H28F6N2O2S. The van der Waals surface area contributed by atoms with Crippen LogP contribution in [0.3, 0.4) is 0 Å². The molecule has 1 aliphatic heterocycles. The Hall–Kier alpha value is -2.43. The van der Waals surface area contributed by atoms with E-state index in [0.717, 1.165) is 30.9 Å². The van der Waals surface area contributed by atoms with Gasteiger partial charge in [0.05, 0.1) is 5.56 Å². The third-order valence-electron chi connectivity index (χ3n) is 5.19. The van der Waals surface area contributed by atoms with Crippen LogP contribution in [0.1, 0.15) is 46.1 Å². The largest absolute Gasteiger partial charge is 0.490 e. The van der Waals surface area contributed by atoms with E-state index in [4.69, 9.17) is 9.90 Å². The number of nitrogens with zero attached hydrogens (tertiary/aromatic N) is 2. The number of halogens is 6. The maximum Gasteiger partial charge on any atom is 0.490 e. The summed E-state index contributed by atoms with van der Waals surface area (Å²) in [5.41, 5.74) is 0.983. The average molecular weight is 523 g/mol. The molecule has 194 valence electrons. The lowest BCUT2D eigenvalue weighted by Gasteiger charge is -2.38. The van der Waals surface area contributed by atoms with E-state index in [2.05, 4.69) is 23.7 Å². The van der Waals surface area contributed by atoms with Crippen molar-refractivity contribution in [2.45, 2.75) is 63.0 Å². The van der Waals surface area contributed by atoms with Crippen LogP contribution in [-0.4, -0.2) is 40.6 Å². The lowest BCUT2D eigenvalue weighted by atomic mass is 9.84. The Kier molecular flexibility index (Phi) is 9.13. The number of aliphatic carboxylic acids is 1. The van der Waals surface area contributed by atoms with Crippen LogP contribution in [0.4, 0.5) is 32.2 Å². The summed E-state index contributed by atoms with van der Waals surface area (Å²) in [5, 5.41) is 7.21. The standard InChI is InChI=1S/C22H27F3N2S.C2HF3O2/c1-15(2)28-19-7-6-16(12-18(19)22(23,24)25)17-8-10-26-20(13-17)27-11-5-9-21(3,4)14-27;3-2(4,5)1(6)7/h6-8,10,12-13,15H,5,9,11,14H2,1-4H3;(H,6,7). The quantitative estimate of drug-likeness (QED) is 0.332. The molecule has 1 aromatic carbocycles. The number of hydrogen-bond acceptors (Lipinski definition) is 4. The van der Waals surface area contributed by atoms with E-state index in [9.17, 15) is 26.3 Å². The first-order valence-corrected chi connectivity index (χ1v) is 11.8. The predicted molar refractivity (Wildman–Crippen MR) is 125 cm³/mol. The van der Waals surface area contributed by atoms with Crippen LogP contribution in [0.5, 0.6) is 0 Å². The van der Waals surface area contributed by atoms with E-state index < -0.39 is 23.9 Å². The van der Waals surface area contributed by atoms with E-state index in [1.165, 1.54) is 24.2 Å². The SMILES string of the molecule is CC(C)Sc1ccc(-c2ccnc(N3CCCC(C)(C)C3)c2)cc1C(F)(F)F.O=C(O)C(F)(F)F. The summed E-state index contributed by atoms with van der Waals surface area (Å²) >= 11 is 1.24. The van der Waals surface area contributed by atoms with Crippen molar-refractivity contribution in [1.82, 2.24) is 4.98 Å². The summed E-state index contributed by atoms with van der Waals surface area (Å²) in [7, 11) is 0. The van der Waals surface area contributed by atoms with Gasteiger partial charge in [0.15, 0.2) is 0 Å². The topological polar surface area (TPSA) is 53.4 Å². The number of anilines is 1. The van der Waals surface area contributed by atoms with Crippen LogP contribution >= 0.6 is 11.8 Å². The van der Waals surface area contributed by atoms with Crippen molar-refractivity contribution in [3.63, 3.8) is 0 Å². The lowest BCUT2D eigenvalue weighted by molar-refractivity contribution is -0.192. The molecule has 0 unspecified atom stereocenters. The van der Waals surface area contributed by atoms with Crippen LogP contribution in [-0.2, 0) is 11.0 Å². The number of carboxylic acid groups (broad SMARTS) is 1. The first kappa shape index (κ1) is 28.8. The van der Waals surface area contributed by atoms with E-state index in [1.54, 1.807) is 24.4 Å². The molecule has 4 nitrogen and oxygen atoms in total. The Labute approximate surface area is 204 Å². The molecule has 1 aromatic heterocycles. The molecule has 1 N–H and O–H groups in total. The molecule has 0 spiro atoms. The summed E-state index contributed by atoms with van der Waals surface area (Å²) in [5.74, 6) is -1.92. The molecule has 35 heavy (non-hydrogen) atoms. The number of thioether (sulfide) groups is 1. The van der Waals surface area contributed by atoms with Crippen LogP contribution < -0.4 is 4.90 Å². The number of alkyl halides is 6. The summed E-state index contributed by atoms with van der Waals surface area (Å²) in [6, 6.07) is 8.32. The van der Waals surface area contributed by atoms with Gasteiger partial charge in [0, 0.05) is 29.4 Å². The molecular weight excluding hydrogens is 494 g/mol. The zero-order valence-corrected chi connectivity index (χ0v) is 20.6. The molecule has 3 rings (SSSR count). The highest BCUT2D eigenvalue weighted by Gasteiger charge is 2.38. The zero-order chi connectivity index (χ0) is 26.6. The minimum atomic E-state index is -5.08. The fourth-order valence-electron chi connectivity index (χ4n) is 3.68. The second-order valence-corrected chi connectivity index (χ2v) is 10.9. The first-order valence-electron chi connectivity index (χ1n) is 10.9. The van der Waals surface area contributed by atoms with E-state index in [1.807, 2.05) is 19.9 Å². The van der Waals surface area contributed by atoms with Gasteiger partial charge in [-0.15, -0.1) is 11.8 Å². The molecule has 0 aliphatic carbocycles. The fraction of sp³-hybridized carbons (Fsp3) is 0.500. The Morgan fingerprint density at radius 2 is 1.69 bits per heavy atom. The summed E-state index contributed by atoms with van der Waals surface area (Å²) in [4.78, 5) is 15.9. The smallest absolute Gasteiger partial charge is 0.475 e. The van der Waals surface area contributed by atoms with Gasteiger partial charge in [0.25, 0.3) is 0 Å². The van der Waals surface area contributed by atoms with Crippen molar-refractivity contribution >= 4 is 23.5 Å². The molecule has 11 heteroatoms. The number of rotatable bonds is 4. The van der Waals surface area contributed by atoms with Crippen molar-refractivity contribution in [3.8, 4) is 11.1 Å². The Balaban J connectivity index is 0.000000540. The maximum atomic E-state index is 13.6.